The highest BCUT2D eigenvalue weighted by Crippen LogP contribution is 2.23. The van der Waals surface area contributed by atoms with Crippen LogP contribution in [0.3, 0.4) is 0 Å². The average molecular weight is 191 g/mol. The lowest BCUT2D eigenvalue weighted by atomic mass is 9.82. The molecule has 0 bridgehead atoms. The maximum atomic E-state index is 4.38. The SMILES string of the molecule is CC(C)C(Cc1ccccn1)C(C)C. The van der Waals surface area contributed by atoms with E-state index in [1.165, 1.54) is 5.69 Å². The third-order valence-corrected chi connectivity index (χ3v) is 2.88. The molecule has 0 radical (unpaired) electrons. The Balaban J connectivity index is 2.65. The molecule has 0 spiro atoms. The fourth-order valence-electron chi connectivity index (χ4n) is 2.00. The summed E-state index contributed by atoms with van der Waals surface area (Å²) in [6, 6.07) is 6.17. The van der Waals surface area contributed by atoms with Gasteiger partial charge in [0.1, 0.15) is 0 Å². The van der Waals surface area contributed by atoms with E-state index in [1.807, 2.05) is 12.3 Å². The second-order valence-corrected chi connectivity index (χ2v) is 4.68. The maximum absolute atomic E-state index is 4.38. The summed E-state index contributed by atoms with van der Waals surface area (Å²) in [7, 11) is 0. The molecule has 1 aromatic heterocycles. The first-order chi connectivity index (χ1) is 6.61. The van der Waals surface area contributed by atoms with E-state index in [1.54, 1.807) is 0 Å². The Morgan fingerprint density at radius 3 is 2.14 bits per heavy atom. The van der Waals surface area contributed by atoms with Crippen LogP contribution >= 0.6 is 0 Å². The Hall–Kier alpha value is -0.850. The average Bonchev–Trinajstić information content (AvgIpc) is 2.15. The van der Waals surface area contributed by atoms with Crippen molar-refractivity contribution in [3.8, 4) is 0 Å². The summed E-state index contributed by atoms with van der Waals surface area (Å²) in [6.45, 7) is 9.20. The van der Waals surface area contributed by atoms with Crippen molar-refractivity contribution in [2.24, 2.45) is 17.8 Å². The molecule has 1 rings (SSSR count). The quantitative estimate of drug-likeness (QED) is 0.709. The predicted molar refractivity (Wildman–Crippen MR) is 61.1 cm³/mol. The van der Waals surface area contributed by atoms with Gasteiger partial charge in [0.2, 0.25) is 0 Å². The Morgan fingerprint density at radius 2 is 1.71 bits per heavy atom. The van der Waals surface area contributed by atoms with Crippen LogP contribution in [0.5, 0.6) is 0 Å². The summed E-state index contributed by atoms with van der Waals surface area (Å²) < 4.78 is 0. The van der Waals surface area contributed by atoms with Crippen molar-refractivity contribution in [1.82, 2.24) is 4.98 Å². The molecule has 0 atom stereocenters. The van der Waals surface area contributed by atoms with Crippen molar-refractivity contribution >= 4 is 0 Å². The third kappa shape index (κ3) is 3.13. The number of rotatable bonds is 4. The van der Waals surface area contributed by atoms with Crippen molar-refractivity contribution in [3.05, 3.63) is 30.1 Å². The lowest BCUT2D eigenvalue weighted by Gasteiger charge is -2.24. The minimum Gasteiger partial charge on any atom is -0.261 e. The molecule has 14 heavy (non-hydrogen) atoms. The van der Waals surface area contributed by atoms with Crippen LogP contribution in [0.4, 0.5) is 0 Å². The number of hydrogen-bond donors (Lipinski definition) is 0. The monoisotopic (exact) mass is 191 g/mol. The highest BCUT2D eigenvalue weighted by molar-refractivity contribution is 5.04. The smallest absolute Gasteiger partial charge is 0.0406 e. The van der Waals surface area contributed by atoms with Crippen LogP contribution in [0, 0.1) is 17.8 Å². The van der Waals surface area contributed by atoms with Crippen LogP contribution in [-0.2, 0) is 6.42 Å². The Kier molecular flexibility index (Phi) is 4.12. The molecular formula is C13H21N. The van der Waals surface area contributed by atoms with E-state index in [0.717, 1.165) is 24.2 Å². The first-order valence-electron chi connectivity index (χ1n) is 5.51. The molecule has 1 nitrogen and oxygen atoms in total. The minimum atomic E-state index is 0.733. The second kappa shape index (κ2) is 5.14. The zero-order chi connectivity index (χ0) is 10.6. The molecule has 0 N–H and O–H groups in total. The molecule has 0 aromatic carbocycles. The van der Waals surface area contributed by atoms with E-state index >= 15 is 0 Å². The molecule has 0 unspecified atom stereocenters. The number of nitrogens with zero attached hydrogens (tertiary/aromatic N) is 1. The summed E-state index contributed by atoms with van der Waals surface area (Å²) in [5, 5.41) is 0. The van der Waals surface area contributed by atoms with Gasteiger partial charge in [-0.2, -0.15) is 0 Å². The van der Waals surface area contributed by atoms with Crippen LogP contribution in [0.15, 0.2) is 24.4 Å². The van der Waals surface area contributed by atoms with Crippen molar-refractivity contribution in [1.29, 1.82) is 0 Å². The van der Waals surface area contributed by atoms with Gasteiger partial charge in [-0.3, -0.25) is 4.98 Å². The molecule has 0 aliphatic heterocycles. The normalized spacial score (nSPS) is 11.6. The lowest BCUT2D eigenvalue weighted by Crippen LogP contribution is -2.18. The van der Waals surface area contributed by atoms with Crippen LogP contribution in [0.25, 0.3) is 0 Å². The summed E-state index contributed by atoms with van der Waals surface area (Å²) in [5.74, 6) is 2.21. The molecule has 1 heterocycles. The molecule has 0 saturated carbocycles. The van der Waals surface area contributed by atoms with Gasteiger partial charge in [0.05, 0.1) is 0 Å². The van der Waals surface area contributed by atoms with E-state index in [0.29, 0.717) is 0 Å². The van der Waals surface area contributed by atoms with E-state index in [9.17, 15) is 0 Å². The van der Waals surface area contributed by atoms with E-state index in [4.69, 9.17) is 0 Å². The first-order valence-corrected chi connectivity index (χ1v) is 5.51. The van der Waals surface area contributed by atoms with Crippen molar-refractivity contribution in [2.75, 3.05) is 0 Å². The molecule has 0 aliphatic carbocycles. The van der Waals surface area contributed by atoms with Gasteiger partial charge in [0.15, 0.2) is 0 Å². The zero-order valence-corrected chi connectivity index (χ0v) is 9.70. The van der Waals surface area contributed by atoms with E-state index in [-0.39, 0.29) is 0 Å². The van der Waals surface area contributed by atoms with Gasteiger partial charge >= 0.3 is 0 Å². The van der Waals surface area contributed by atoms with E-state index < -0.39 is 0 Å². The summed E-state index contributed by atoms with van der Waals surface area (Å²) >= 11 is 0. The van der Waals surface area contributed by atoms with Crippen LogP contribution < -0.4 is 0 Å². The topological polar surface area (TPSA) is 12.9 Å². The van der Waals surface area contributed by atoms with Gasteiger partial charge in [0, 0.05) is 11.9 Å². The van der Waals surface area contributed by atoms with E-state index in [2.05, 4.69) is 44.8 Å². The van der Waals surface area contributed by atoms with Gasteiger partial charge in [0.25, 0.3) is 0 Å². The summed E-state index contributed by atoms with van der Waals surface area (Å²) in [4.78, 5) is 4.38. The van der Waals surface area contributed by atoms with Crippen molar-refractivity contribution in [3.63, 3.8) is 0 Å². The maximum Gasteiger partial charge on any atom is 0.0406 e. The molecule has 0 fully saturated rings. The van der Waals surface area contributed by atoms with Crippen molar-refractivity contribution in [2.45, 2.75) is 34.1 Å². The molecule has 1 aromatic rings. The van der Waals surface area contributed by atoms with Crippen LogP contribution in [0.1, 0.15) is 33.4 Å². The minimum absolute atomic E-state index is 0.733. The van der Waals surface area contributed by atoms with Gasteiger partial charge in [-0.1, -0.05) is 33.8 Å². The Morgan fingerprint density at radius 1 is 1.07 bits per heavy atom. The van der Waals surface area contributed by atoms with Crippen LogP contribution in [0.2, 0.25) is 0 Å². The number of aromatic nitrogens is 1. The fourth-order valence-corrected chi connectivity index (χ4v) is 2.00. The molecule has 0 amide bonds. The fraction of sp³-hybridized carbons (Fsp3) is 0.615. The highest BCUT2D eigenvalue weighted by Gasteiger charge is 2.17. The summed E-state index contributed by atoms with van der Waals surface area (Å²) in [5.41, 5.74) is 1.22. The molecule has 0 saturated heterocycles. The summed E-state index contributed by atoms with van der Waals surface area (Å²) in [6.07, 6.45) is 2.99. The Labute approximate surface area is 87.6 Å². The van der Waals surface area contributed by atoms with Gasteiger partial charge < -0.3 is 0 Å². The number of hydrogen-bond acceptors (Lipinski definition) is 1. The molecule has 78 valence electrons. The lowest BCUT2D eigenvalue weighted by molar-refractivity contribution is 0.284. The second-order valence-electron chi connectivity index (χ2n) is 4.68. The van der Waals surface area contributed by atoms with Crippen LogP contribution in [-0.4, -0.2) is 4.98 Å². The van der Waals surface area contributed by atoms with Gasteiger partial charge in [-0.05, 0) is 36.3 Å². The Bertz CT molecular complexity index is 243. The van der Waals surface area contributed by atoms with Gasteiger partial charge in [-0.15, -0.1) is 0 Å². The molecule has 0 aliphatic rings. The standard InChI is InChI=1S/C13H21N/c1-10(2)13(11(3)4)9-12-7-5-6-8-14-12/h5-8,10-11,13H,9H2,1-4H3. The molecular weight excluding hydrogens is 170 g/mol. The number of pyridine rings is 1. The first kappa shape index (κ1) is 11.2. The van der Waals surface area contributed by atoms with Crippen molar-refractivity contribution < 1.29 is 0 Å². The predicted octanol–water partition coefficient (Wildman–Crippen LogP) is 3.55. The largest absolute Gasteiger partial charge is 0.261 e. The third-order valence-electron chi connectivity index (χ3n) is 2.88. The van der Waals surface area contributed by atoms with Gasteiger partial charge in [-0.25, -0.2) is 0 Å². The highest BCUT2D eigenvalue weighted by atomic mass is 14.7. The molecule has 1 heteroatoms. The zero-order valence-electron chi connectivity index (χ0n) is 9.70.